The fourth-order valence-electron chi connectivity index (χ4n) is 6.23. The molecule has 0 spiro atoms. The van der Waals surface area contributed by atoms with Gasteiger partial charge in [0, 0.05) is 12.2 Å². The Hall–Kier alpha value is -6.95. The van der Waals surface area contributed by atoms with Crippen molar-refractivity contribution in [3.63, 3.8) is 0 Å². The standard InChI is InChI=1S/C46H42F6O12/c1-5-38(54)60-23-11-10-22-59-37-21-19-32(28(4)41(37)46(50,51)52)43(57)64-36-20-16-30(25-34(36)42(56)62-26-29-13-8-7-9-14-29)63-44(58)33-18-17-31(27(3)40(33)45(47,48)49)35(53)15-12-24-61-39(55)6-2/h5-9,13-14,16-21,25,35,53H,1-2,10-12,15,22-24,26H2,3-4H3. The van der Waals surface area contributed by atoms with Gasteiger partial charge >= 0.3 is 42.2 Å². The number of carbonyl (C=O) groups excluding carboxylic acids is 5. The number of benzene rings is 4. The first-order valence-corrected chi connectivity index (χ1v) is 19.4. The van der Waals surface area contributed by atoms with Gasteiger partial charge in [-0.15, -0.1) is 0 Å². The molecule has 0 fully saturated rings. The van der Waals surface area contributed by atoms with Crippen molar-refractivity contribution in [3.8, 4) is 17.2 Å². The van der Waals surface area contributed by atoms with Crippen LogP contribution in [0.3, 0.4) is 0 Å². The van der Waals surface area contributed by atoms with E-state index in [2.05, 4.69) is 13.2 Å². The van der Waals surface area contributed by atoms with Gasteiger partial charge in [0.1, 0.15) is 35.0 Å². The van der Waals surface area contributed by atoms with E-state index in [1.807, 2.05) is 0 Å². The van der Waals surface area contributed by atoms with Gasteiger partial charge in [-0.25, -0.2) is 24.0 Å². The quantitative estimate of drug-likeness (QED) is 0.0224. The van der Waals surface area contributed by atoms with Gasteiger partial charge < -0.3 is 33.5 Å². The van der Waals surface area contributed by atoms with Gasteiger partial charge in [-0.2, -0.15) is 26.3 Å². The third kappa shape index (κ3) is 13.5. The number of carbonyl (C=O) groups is 5. The first-order chi connectivity index (χ1) is 30.3. The van der Waals surface area contributed by atoms with E-state index in [9.17, 15) is 55.4 Å². The molecule has 0 aromatic heterocycles. The van der Waals surface area contributed by atoms with Crippen molar-refractivity contribution in [2.24, 2.45) is 0 Å². The Labute approximate surface area is 363 Å². The fraction of sp³-hybridized carbons (Fsp3) is 0.283. The minimum absolute atomic E-state index is 0.0190. The first-order valence-electron chi connectivity index (χ1n) is 19.4. The molecule has 0 heterocycles. The number of rotatable bonds is 20. The second-order valence-corrected chi connectivity index (χ2v) is 13.8. The third-order valence-corrected chi connectivity index (χ3v) is 9.34. The predicted octanol–water partition coefficient (Wildman–Crippen LogP) is 9.57. The largest absolute Gasteiger partial charge is 0.493 e. The summed E-state index contributed by atoms with van der Waals surface area (Å²) in [6.07, 6.45) is -9.24. The summed E-state index contributed by atoms with van der Waals surface area (Å²) in [6.45, 7) is 7.89. The fourth-order valence-corrected chi connectivity index (χ4v) is 6.23. The number of hydrogen-bond acceptors (Lipinski definition) is 12. The molecule has 4 aromatic rings. The molecule has 4 rings (SSSR count). The highest BCUT2D eigenvalue weighted by molar-refractivity contribution is 5.98. The SMILES string of the molecule is C=CC(=O)OCCCCOc1ccc(C(=O)Oc2ccc(OC(=O)c3ccc(C(O)CCCOC(=O)C=C)c(C)c3C(F)(F)F)cc2C(=O)OCc2ccccc2)c(C)c1C(F)(F)F. The summed E-state index contributed by atoms with van der Waals surface area (Å²) in [7, 11) is 0. The minimum atomic E-state index is -5.13. The Bertz CT molecular complexity index is 2360. The number of alkyl halides is 6. The Morgan fingerprint density at radius 3 is 1.83 bits per heavy atom. The van der Waals surface area contributed by atoms with Crippen molar-refractivity contribution in [1.29, 1.82) is 0 Å². The van der Waals surface area contributed by atoms with Crippen LogP contribution in [0.4, 0.5) is 26.3 Å². The molecule has 0 aliphatic rings. The Morgan fingerprint density at radius 2 is 1.20 bits per heavy atom. The predicted molar refractivity (Wildman–Crippen MR) is 216 cm³/mol. The lowest BCUT2D eigenvalue weighted by molar-refractivity contribution is -0.140. The average molecular weight is 901 g/mol. The van der Waals surface area contributed by atoms with Gasteiger partial charge in [0.15, 0.2) is 0 Å². The summed E-state index contributed by atoms with van der Waals surface area (Å²) in [5.74, 6) is -7.13. The molecule has 1 N–H and O–H groups in total. The van der Waals surface area contributed by atoms with E-state index in [1.165, 1.54) is 0 Å². The van der Waals surface area contributed by atoms with Crippen molar-refractivity contribution in [2.75, 3.05) is 19.8 Å². The Kier molecular flexibility index (Phi) is 17.4. The van der Waals surface area contributed by atoms with Gasteiger partial charge in [0.2, 0.25) is 0 Å². The summed E-state index contributed by atoms with van der Waals surface area (Å²) in [4.78, 5) is 62.9. The van der Waals surface area contributed by atoms with Gasteiger partial charge in [-0.1, -0.05) is 49.6 Å². The number of halogens is 6. The molecule has 1 unspecified atom stereocenters. The van der Waals surface area contributed by atoms with Crippen LogP contribution in [-0.4, -0.2) is 54.8 Å². The lowest BCUT2D eigenvalue weighted by Gasteiger charge is -2.21. The van der Waals surface area contributed by atoms with Crippen LogP contribution in [0.5, 0.6) is 17.2 Å². The highest BCUT2D eigenvalue weighted by atomic mass is 19.4. The van der Waals surface area contributed by atoms with Gasteiger partial charge in [0.25, 0.3) is 0 Å². The van der Waals surface area contributed by atoms with E-state index in [4.69, 9.17) is 28.4 Å². The van der Waals surface area contributed by atoms with Crippen molar-refractivity contribution in [3.05, 3.63) is 148 Å². The average Bonchev–Trinajstić information content (AvgIpc) is 3.24. The highest BCUT2D eigenvalue weighted by Gasteiger charge is 2.40. The number of ether oxygens (including phenoxy) is 6. The number of hydrogen-bond donors (Lipinski definition) is 1. The molecule has 340 valence electrons. The topological polar surface area (TPSA) is 161 Å². The van der Waals surface area contributed by atoms with Gasteiger partial charge in [0.05, 0.1) is 42.6 Å². The minimum Gasteiger partial charge on any atom is -0.493 e. The second kappa shape index (κ2) is 22.4. The maximum atomic E-state index is 14.5. The van der Waals surface area contributed by atoms with E-state index in [0.29, 0.717) is 5.56 Å². The van der Waals surface area contributed by atoms with Crippen LogP contribution in [0.2, 0.25) is 0 Å². The number of unbranched alkanes of at least 4 members (excludes halogenated alkanes) is 1. The number of aliphatic hydroxyl groups is 1. The molecule has 18 heteroatoms. The monoisotopic (exact) mass is 900 g/mol. The molecular weight excluding hydrogens is 858 g/mol. The van der Waals surface area contributed by atoms with E-state index in [1.54, 1.807) is 30.3 Å². The van der Waals surface area contributed by atoms with Crippen LogP contribution in [0.25, 0.3) is 0 Å². The van der Waals surface area contributed by atoms with Crippen molar-refractivity contribution in [1.82, 2.24) is 0 Å². The lowest BCUT2D eigenvalue weighted by Crippen LogP contribution is -2.20. The third-order valence-electron chi connectivity index (χ3n) is 9.34. The van der Waals surface area contributed by atoms with E-state index in [0.717, 1.165) is 68.5 Å². The van der Waals surface area contributed by atoms with E-state index < -0.39 is 104 Å². The van der Waals surface area contributed by atoms with Crippen molar-refractivity contribution in [2.45, 2.75) is 64.6 Å². The smallest absolute Gasteiger partial charge is 0.420 e. The van der Waals surface area contributed by atoms with Crippen LogP contribution in [0, 0.1) is 13.8 Å². The molecule has 0 saturated heterocycles. The summed E-state index contributed by atoms with van der Waals surface area (Å²) >= 11 is 0. The van der Waals surface area contributed by atoms with E-state index >= 15 is 0 Å². The second-order valence-electron chi connectivity index (χ2n) is 13.8. The van der Waals surface area contributed by atoms with Crippen molar-refractivity contribution >= 4 is 29.8 Å². The summed E-state index contributed by atoms with van der Waals surface area (Å²) in [5, 5.41) is 10.7. The van der Waals surface area contributed by atoms with Crippen molar-refractivity contribution < 1.29 is 83.8 Å². The maximum Gasteiger partial charge on any atom is 0.420 e. The molecule has 0 aliphatic heterocycles. The molecule has 0 amide bonds. The van der Waals surface area contributed by atoms with Crippen LogP contribution < -0.4 is 14.2 Å². The van der Waals surface area contributed by atoms with Gasteiger partial charge in [-0.3, -0.25) is 0 Å². The van der Waals surface area contributed by atoms with Crippen LogP contribution in [0.15, 0.2) is 98.1 Å². The molecule has 1 atom stereocenters. The van der Waals surface area contributed by atoms with Crippen LogP contribution >= 0.6 is 0 Å². The zero-order valence-electron chi connectivity index (χ0n) is 34.4. The molecule has 0 saturated carbocycles. The Balaban J connectivity index is 1.63. The molecule has 0 radical (unpaired) electrons. The molecule has 0 bridgehead atoms. The van der Waals surface area contributed by atoms with Crippen LogP contribution in [0.1, 0.15) is 96.2 Å². The molecule has 12 nitrogen and oxygen atoms in total. The summed E-state index contributed by atoms with van der Waals surface area (Å²) in [6, 6.07) is 14.8. The lowest BCUT2D eigenvalue weighted by atomic mass is 9.92. The van der Waals surface area contributed by atoms with Crippen LogP contribution in [-0.2, 0) is 42.8 Å². The Morgan fingerprint density at radius 1 is 0.625 bits per heavy atom. The summed E-state index contributed by atoms with van der Waals surface area (Å²) < 4.78 is 118. The zero-order chi connectivity index (χ0) is 47.2. The first kappa shape index (κ1) is 49.7. The van der Waals surface area contributed by atoms with E-state index in [-0.39, 0.29) is 57.7 Å². The zero-order valence-corrected chi connectivity index (χ0v) is 34.4. The maximum absolute atomic E-state index is 14.5. The normalized spacial score (nSPS) is 11.8. The molecule has 0 aliphatic carbocycles. The summed E-state index contributed by atoms with van der Waals surface area (Å²) in [5.41, 5.74) is -5.54. The van der Waals surface area contributed by atoms with Gasteiger partial charge in [-0.05, 0) is 98.2 Å². The molecule has 64 heavy (non-hydrogen) atoms. The molecule has 4 aromatic carbocycles. The number of esters is 5. The molecular formula is C46H42F6O12. The highest BCUT2D eigenvalue weighted by Crippen LogP contribution is 2.41. The number of aliphatic hydroxyl groups excluding tert-OH is 1.